The van der Waals surface area contributed by atoms with Crippen LogP contribution in [0, 0.1) is 0 Å². The summed E-state index contributed by atoms with van der Waals surface area (Å²) in [5.74, 6) is 0. The molecule has 0 fully saturated rings. The summed E-state index contributed by atoms with van der Waals surface area (Å²) in [7, 11) is 0. The lowest BCUT2D eigenvalue weighted by atomic mass is 10.1. The maximum Gasteiger partial charge on any atom is 0.178 e. The van der Waals surface area contributed by atoms with E-state index in [0.29, 0.717) is 11.3 Å². The summed E-state index contributed by atoms with van der Waals surface area (Å²) in [5, 5.41) is 28.2. The molecule has 3 aromatic carbocycles. The van der Waals surface area contributed by atoms with Crippen LogP contribution < -0.4 is 0 Å². The maximum atomic E-state index is 9.17. The second-order valence-electron chi connectivity index (χ2n) is 5.93. The lowest BCUT2D eigenvalue weighted by molar-refractivity contribution is -0.0424. The van der Waals surface area contributed by atoms with Gasteiger partial charge in [0.15, 0.2) is 6.29 Å². The fourth-order valence-corrected chi connectivity index (χ4v) is 2.87. The van der Waals surface area contributed by atoms with Crippen molar-refractivity contribution in [1.29, 1.82) is 0 Å². The van der Waals surface area contributed by atoms with Gasteiger partial charge in [-0.05, 0) is 18.2 Å². The summed E-state index contributed by atoms with van der Waals surface area (Å²) in [6.45, 7) is 0. The monoisotopic (exact) mass is 343 g/mol. The Balaban J connectivity index is 1.77. The Morgan fingerprint density at radius 2 is 1.42 bits per heavy atom. The van der Waals surface area contributed by atoms with E-state index in [9.17, 15) is 10.2 Å². The first-order chi connectivity index (χ1) is 12.7. The zero-order valence-corrected chi connectivity index (χ0v) is 13.9. The number of rotatable bonds is 4. The third kappa shape index (κ3) is 3.13. The fraction of sp³-hybridized carbons (Fsp3) is 0.0476. The largest absolute Gasteiger partial charge is 0.364 e. The van der Waals surface area contributed by atoms with Crippen LogP contribution >= 0.6 is 0 Å². The van der Waals surface area contributed by atoms with Crippen molar-refractivity contribution in [3.8, 4) is 11.3 Å². The molecule has 0 aliphatic rings. The molecule has 0 aliphatic carbocycles. The second-order valence-corrected chi connectivity index (χ2v) is 5.93. The number of aromatic amines is 1. The maximum absolute atomic E-state index is 9.17. The van der Waals surface area contributed by atoms with Crippen molar-refractivity contribution < 1.29 is 10.2 Å². The molecule has 0 amide bonds. The highest BCUT2D eigenvalue weighted by molar-refractivity contribution is 5.99. The Bertz CT molecular complexity index is 1050. The standard InChI is InChI=1S/C21H17N3O2/c25-21(26)15-10-12-16(13-11-15)23-24-20-17-8-4-5-9-18(17)22-19(20)14-6-2-1-3-7-14/h1-13,21-22,25-26H. The van der Waals surface area contributed by atoms with E-state index in [1.807, 2.05) is 54.6 Å². The fourth-order valence-electron chi connectivity index (χ4n) is 2.87. The molecule has 5 nitrogen and oxygen atoms in total. The first kappa shape index (κ1) is 16.2. The highest BCUT2D eigenvalue weighted by atomic mass is 16.5. The predicted octanol–water partition coefficient (Wildman–Crippen LogP) is 5.23. The minimum Gasteiger partial charge on any atom is -0.364 e. The lowest BCUT2D eigenvalue weighted by Gasteiger charge is -2.03. The third-order valence-electron chi connectivity index (χ3n) is 4.20. The number of aromatic nitrogens is 1. The van der Waals surface area contributed by atoms with Gasteiger partial charge in [0.25, 0.3) is 0 Å². The van der Waals surface area contributed by atoms with E-state index >= 15 is 0 Å². The van der Waals surface area contributed by atoms with Crippen molar-refractivity contribution in [3.05, 3.63) is 84.4 Å². The molecule has 3 N–H and O–H groups in total. The van der Waals surface area contributed by atoms with Crippen LogP contribution in [-0.2, 0) is 0 Å². The molecule has 26 heavy (non-hydrogen) atoms. The summed E-state index contributed by atoms with van der Waals surface area (Å²) >= 11 is 0. The first-order valence-corrected chi connectivity index (χ1v) is 8.26. The van der Waals surface area contributed by atoms with E-state index in [4.69, 9.17) is 0 Å². The number of nitrogens with one attached hydrogen (secondary N) is 1. The quantitative estimate of drug-likeness (QED) is 0.350. The third-order valence-corrected chi connectivity index (χ3v) is 4.20. The van der Waals surface area contributed by atoms with Gasteiger partial charge in [0.05, 0.1) is 11.4 Å². The number of aliphatic hydroxyl groups excluding tert-OH is 1. The zero-order chi connectivity index (χ0) is 17.9. The summed E-state index contributed by atoms with van der Waals surface area (Å²) in [5.41, 5.74) is 4.78. The van der Waals surface area contributed by atoms with Gasteiger partial charge in [-0.15, -0.1) is 5.11 Å². The average Bonchev–Trinajstić information content (AvgIpc) is 3.06. The zero-order valence-electron chi connectivity index (χ0n) is 13.9. The van der Waals surface area contributed by atoms with Gasteiger partial charge in [-0.1, -0.05) is 60.7 Å². The van der Waals surface area contributed by atoms with Crippen molar-refractivity contribution >= 4 is 22.3 Å². The molecule has 4 aromatic rings. The SMILES string of the molecule is OC(O)c1ccc(N=Nc2c(-c3ccccc3)[nH]c3ccccc23)cc1. The molecule has 0 saturated carbocycles. The first-order valence-electron chi connectivity index (χ1n) is 8.26. The van der Waals surface area contributed by atoms with Crippen LogP contribution in [0.15, 0.2) is 89.1 Å². The van der Waals surface area contributed by atoms with Crippen LogP contribution in [0.25, 0.3) is 22.2 Å². The van der Waals surface area contributed by atoms with Crippen LogP contribution in [0.2, 0.25) is 0 Å². The van der Waals surface area contributed by atoms with Gasteiger partial charge in [-0.2, -0.15) is 5.11 Å². The molecule has 0 radical (unpaired) electrons. The molecule has 5 heteroatoms. The Kier molecular flexibility index (Phi) is 4.31. The van der Waals surface area contributed by atoms with Crippen molar-refractivity contribution in [1.82, 2.24) is 4.98 Å². The van der Waals surface area contributed by atoms with E-state index in [1.54, 1.807) is 24.3 Å². The number of benzene rings is 3. The predicted molar refractivity (Wildman–Crippen MR) is 102 cm³/mol. The smallest absolute Gasteiger partial charge is 0.178 e. The normalized spacial score (nSPS) is 11.7. The Morgan fingerprint density at radius 1 is 0.731 bits per heavy atom. The second kappa shape index (κ2) is 6.92. The molecule has 0 spiro atoms. The van der Waals surface area contributed by atoms with Crippen molar-refractivity contribution in [2.45, 2.75) is 6.29 Å². The minimum absolute atomic E-state index is 0.418. The molecular weight excluding hydrogens is 326 g/mol. The summed E-state index contributed by atoms with van der Waals surface area (Å²) in [4.78, 5) is 3.42. The molecule has 1 heterocycles. The van der Waals surface area contributed by atoms with E-state index in [2.05, 4.69) is 15.2 Å². The number of azo groups is 1. The van der Waals surface area contributed by atoms with Crippen LogP contribution in [0.5, 0.6) is 0 Å². The van der Waals surface area contributed by atoms with Gasteiger partial charge in [0.1, 0.15) is 5.69 Å². The van der Waals surface area contributed by atoms with E-state index in [0.717, 1.165) is 27.8 Å². The highest BCUT2D eigenvalue weighted by Gasteiger charge is 2.12. The number of hydrogen-bond donors (Lipinski definition) is 3. The molecule has 1 aromatic heterocycles. The van der Waals surface area contributed by atoms with Gasteiger partial charge in [-0.25, -0.2) is 0 Å². The number of nitrogens with zero attached hydrogens (tertiary/aromatic N) is 2. The number of fused-ring (bicyclic) bond motifs is 1. The Labute approximate surface area is 150 Å². The summed E-state index contributed by atoms with van der Waals surface area (Å²) < 4.78 is 0. The van der Waals surface area contributed by atoms with Crippen LogP contribution in [0.3, 0.4) is 0 Å². The van der Waals surface area contributed by atoms with Crippen molar-refractivity contribution in [2.75, 3.05) is 0 Å². The molecule has 0 bridgehead atoms. The van der Waals surface area contributed by atoms with Gasteiger partial charge in [0, 0.05) is 22.0 Å². The van der Waals surface area contributed by atoms with E-state index in [-0.39, 0.29) is 0 Å². The molecule has 0 atom stereocenters. The van der Waals surface area contributed by atoms with Crippen molar-refractivity contribution in [2.24, 2.45) is 10.2 Å². The van der Waals surface area contributed by atoms with Crippen LogP contribution in [0.1, 0.15) is 11.9 Å². The van der Waals surface area contributed by atoms with Gasteiger partial charge in [-0.3, -0.25) is 0 Å². The van der Waals surface area contributed by atoms with Crippen LogP contribution in [0.4, 0.5) is 11.4 Å². The summed E-state index contributed by atoms with van der Waals surface area (Å²) in [6.07, 6.45) is -1.49. The summed E-state index contributed by atoms with van der Waals surface area (Å²) in [6, 6.07) is 24.6. The minimum atomic E-state index is -1.49. The average molecular weight is 343 g/mol. The highest BCUT2D eigenvalue weighted by Crippen LogP contribution is 2.38. The molecule has 0 unspecified atom stereocenters. The Morgan fingerprint density at radius 3 is 2.15 bits per heavy atom. The van der Waals surface area contributed by atoms with Gasteiger partial charge in [0.2, 0.25) is 0 Å². The molecular formula is C21H17N3O2. The van der Waals surface area contributed by atoms with Crippen molar-refractivity contribution in [3.63, 3.8) is 0 Å². The topological polar surface area (TPSA) is 81.0 Å². The number of hydrogen-bond acceptors (Lipinski definition) is 4. The molecule has 128 valence electrons. The van der Waals surface area contributed by atoms with E-state index in [1.165, 1.54) is 0 Å². The van der Waals surface area contributed by atoms with Crippen LogP contribution in [-0.4, -0.2) is 15.2 Å². The Hall–Kier alpha value is -3.28. The molecule has 0 aliphatic heterocycles. The van der Waals surface area contributed by atoms with Gasteiger partial charge >= 0.3 is 0 Å². The van der Waals surface area contributed by atoms with E-state index < -0.39 is 6.29 Å². The number of aliphatic hydroxyl groups is 2. The van der Waals surface area contributed by atoms with Gasteiger partial charge < -0.3 is 15.2 Å². The molecule has 0 saturated heterocycles. The molecule has 4 rings (SSSR count). The lowest BCUT2D eigenvalue weighted by Crippen LogP contribution is -1.92. The number of H-pyrrole nitrogens is 1. The number of para-hydroxylation sites is 1.